The molecule has 0 heterocycles. The maximum atomic E-state index is 13.3. The van der Waals surface area contributed by atoms with Gasteiger partial charge in [-0.3, -0.25) is 0 Å². The molecule has 2 aromatic rings. The van der Waals surface area contributed by atoms with Gasteiger partial charge in [0.1, 0.15) is 5.75 Å². The van der Waals surface area contributed by atoms with Crippen LogP contribution in [0.25, 0.3) is 0 Å². The highest BCUT2D eigenvalue weighted by Crippen LogP contribution is 2.23. The van der Waals surface area contributed by atoms with Crippen molar-refractivity contribution in [1.29, 1.82) is 0 Å². The van der Waals surface area contributed by atoms with Crippen molar-refractivity contribution < 1.29 is 9.13 Å². The highest BCUT2D eigenvalue weighted by molar-refractivity contribution is 5.85. The van der Waals surface area contributed by atoms with E-state index in [0.717, 1.165) is 5.56 Å². The summed E-state index contributed by atoms with van der Waals surface area (Å²) in [7, 11) is 0. The standard InChI is InChI=1S/C13H12FNO.ClH/c14-12-3-1-2-4-13(12)16-11-7-5-10(9-15)6-8-11;/h1-8H,9,15H2;1H. The first-order valence-corrected chi connectivity index (χ1v) is 5.01. The van der Waals surface area contributed by atoms with Crippen LogP contribution in [0.4, 0.5) is 4.39 Å². The molecule has 0 bridgehead atoms. The summed E-state index contributed by atoms with van der Waals surface area (Å²) in [4.78, 5) is 0. The average molecular weight is 254 g/mol. The van der Waals surface area contributed by atoms with Crippen molar-refractivity contribution in [3.8, 4) is 11.5 Å². The smallest absolute Gasteiger partial charge is 0.165 e. The minimum atomic E-state index is -0.370. The van der Waals surface area contributed by atoms with Gasteiger partial charge in [0.15, 0.2) is 11.6 Å². The van der Waals surface area contributed by atoms with Crippen LogP contribution in [0.15, 0.2) is 48.5 Å². The Hall–Kier alpha value is -1.58. The lowest BCUT2D eigenvalue weighted by Crippen LogP contribution is -1.95. The quantitative estimate of drug-likeness (QED) is 0.909. The number of benzene rings is 2. The number of ether oxygens (including phenoxy) is 1. The van der Waals surface area contributed by atoms with Crippen LogP contribution >= 0.6 is 12.4 Å². The molecule has 0 spiro atoms. The van der Waals surface area contributed by atoms with E-state index in [0.29, 0.717) is 12.3 Å². The third-order valence-electron chi connectivity index (χ3n) is 2.22. The molecule has 0 fully saturated rings. The lowest BCUT2D eigenvalue weighted by Gasteiger charge is -2.06. The Morgan fingerprint density at radius 3 is 2.24 bits per heavy atom. The molecule has 0 atom stereocenters. The molecule has 0 amide bonds. The fraction of sp³-hybridized carbons (Fsp3) is 0.0769. The molecule has 0 aromatic heterocycles. The Morgan fingerprint density at radius 1 is 1.00 bits per heavy atom. The van der Waals surface area contributed by atoms with Crippen molar-refractivity contribution >= 4 is 12.4 Å². The second-order valence-corrected chi connectivity index (χ2v) is 3.38. The molecule has 0 saturated heterocycles. The number of hydrogen-bond acceptors (Lipinski definition) is 2. The van der Waals surface area contributed by atoms with Crippen molar-refractivity contribution in [2.24, 2.45) is 5.73 Å². The largest absolute Gasteiger partial charge is 0.454 e. The highest BCUT2D eigenvalue weighted by atomic mass is 35.5. The number of hydrogen-bond donors (Lipinski definition) is 1. The summed E-state index contributed by atoms with van der Waals surface area (Å²) in [6, 6.07) is 13.6. The molecule has 4 heteroatoms. The maximum Gasteiger partial charge on any atom is 0.165 e. The first-order chi connectivity index (χ1) is 7.79. The summed E-state index contributed by atoms with van der Waals surface area (Å²) in [5, 5.41) is 0. The lowest BCUT2D eigenvalue weighted by atomic mass is 10.2. The summed E-state index contributed by atoms with van der Waals surface area (Å²) in [6.45, 7) is 0.486. The molecule has 0 radical (unpaired) electrons. The normalized spacial score (nSPS) is 9.53. The first kappa shape index (κ1) is 13.5. The SMILES string of the molecule is Cl.NCc1ccc(Oc2ccccc2F)cc1. The van der Waals surface area contributed by atoms with Crippen molar-refractivity contribution in [1.82, 2.24) is 0 Å². The van der Waals surface area contributed by atoms with Crippen molar-refractivity contribution in [3.05, 3.63) is 59.9 Å². The van der Waals surface area contributed by atoms with Crippen LogP contribution in [0.5, 0.6) is 11.5 Å². The third kappa shape index (κ3) is 3.44. The third-order valence-corrected chi connectivity index (χ3v) is 2.22. The number of para-hydroxylation sites is 1. The van der Waals surface area contributed by atoms with E-state index >= 15 is 0 Å². The fourth-order valence-electron chi connectivity index (χ4n) is 1.35. The predicted molar refractivity (Wildman–Crippen MR) is 68.1 cm³/mol. The van der Waals surface area contributed by atoms with Gasteiger partial charge in [0.05, 0.1) is 0 Å². The van der Waals surface area contributed by atoms with Crippen molar-refractivity contribution in [2.45, 2.75) is 6.54 Å². The van der Waals surface area contributed by atoms with Crippen LogP contribution in [0.3, 0.4) is 0 Å². The molecule has 0 aliphatic rings. The summed E-state index contributed by atoms with van der Waals surface area (Å²) in [5.74, 6) is 0.454. The van der Waals surface area contributed by atoms with Gasteiger partial charge in [-0.05, 0) is 29.8 Å². The molecule has 2 aromatic carbocycles. The minimum Gasteiger partial charge on any atom is -0.454 e. The highest BCUT2D eigenvalue weighted by Gasteiger charge is 2.02. The Morgan fingerprint density at radius 2 is 1.65 bits per heavy atom. The minimum absolute atomic E-state index is 0. The number of nitrogens with two attached hydrogens (primary N) is 1. The number of rotatable bonds is 3. The second kappa shape index (κ2) is 6.23. The van der Waals surface area contributed by atoms with E-state index in [2.05, 4.69) is 0 Å². The van der Waals surface area contributed by atoms with E-state index in [1.54, 1.807) is 30.3 Å². The molecule has 0 saturated carbocycles. The fourth-order valence-corrected chi connectivity index (χ4v) is 1.35. The van der Waals surface area contributed by atoms with Gasteiger partial charge in [-0.1, -0.05) is 24.3 Å². The van der Waals surface area contributed by atoms with Crippen LogP contribution in [-0.4, -0.2) is 0 Å². The van der Waals surface area contributed by atoms with Gasteiger partial charge in [-0.2, -0.15) is 0 Å². The van der Waals surface area contributed by atoms with Gasteiger partial charge < -0.3 is 10.5 Å². The Kier molecular flexibility index (Phi) is 4.94. The van der Waals surface area contributed by atoms with E-state index in [4.69, 9.17) is 10.5 Å². The van der Waals surface area contributed by atoms with E-state index < -0.39 is 0 Å². The molecule has 0 aliphatic carbocycles. The monoisotopic (exact) mass is 253 g/mol. The first-order valence-electron chi connectivity index (χ1n) is 5.01. The van der Waals surface area contributed by atoms with E-state index in [9.17, 15) is 4.39 Å². The molecule has 17 heavy (non-hydrogen) atoms. The predicted octanol–water partition coefficient (Wildman–Crippen LogP) is 3.50. The van der Waals surface area contributed by atoms with Gasteiger partial charge in [-0.15, -0.1) is 12.4 Å². The van der Waals surface area contributed by atoms with Gasteiger partial charge in [-0.25, -0.2) is 4.39 Å². The van der Waals surface area contributed by atoms with Crippen molar-refractivity contribution in [3.63, 3.8) is 0 Å². The summed E-state index contributed by atoms with van der Waals surface area (Å²) >= 11 is 0. The molecular formula is C13H13ClFNO. The van der Waals surface area contributed by atoms with Crippen LogP contribution in [0, 0.1) is 5.82 Å². The van der Waals surface area contributed by atoms with E-state index in [1.165, 1.54) is 6.07 Å². The Bertz CT molecular complexity index is 473. The zero-order valence-electron chi connectivity index (χ0n) is 9.10. The molecule has 2 nitrogen and oxygen atoms in total. The van der Waals surface area contributed by atoms with Gasteiger partial charge in [0.25, 0.3) is 0 Å². The Balaban J connectivity index is 0.00000144. The van der Waals surface area contributed by atoms with Crippen LogP contribution < -0.4 is 10.5 Å². The molecule has 0 aliphatic heterocycles. The molecule has 2 rings (SSSR count). The van der Waals surface area contributed by atoms with Crippen LogP contribution in [0.1, 0.15) is 5.56 Å². The molecule has 2 N–H and O–H groups in total. The average Bonchev–Trinajstić information content (AvgIpc) is 2.33. The Labute approximate surface area is 106 Å². The summed E-state index contributed by atoms with van der Waals surface area (Å²) < 4.78 is 18.7. The van der Waals surface area contributed by atoms with Gasteiger partial charge in [0.2, 0.25) is 0 Å². The maximum absolute atomic E-state index is 13.3. The topological polar surface area (TPSA) is 35.2 Å². The molecule has 90 valence electrons. The molecule has 0 unspecified atom stereocenters. The zero-order valence-corrected chi connectivity index (χ0v) is 9.91. The van der Waals surface area contributed by atoms with Crippen LogP contribution in [0.2, 0.25) is 0 Å². The summed E-state index contributed by atoms with van der Waals surface area (Å²) in [5.41, 5.74) is 6.49. The molecular weight excluding hydrogens is 241 g/mol. The van der Waals surface area contributed by atoms with Gasteiger partial charge >= 0.3 is 0 Å². The number of halogens is 2. The zero-order chi connectivity index (χ0) is 11.4. The summed E-state index contributed by atoms with van der Waals surface area (Å²) in [6.07, 6.45) is 0. The van der Waals surface area contributed by atoms with E-state index in [-0.39, 0.29) is 24.0 Å². The van der Waals surface area contributed by atoms with Crippen molar-refractivity contribution in [2.75, 3.05) is 0 Å². The lowest BCUT2D eigenvalue weighted by molar-refractivity contribution is 0.442. The van der Waals surface area contributed by atoms with Gasteiger partial charge in [0, 0.05) is 6.54 Å². The second-order valence-electron chi connectivity index (χ2n) is 3.38. The van der Waals surface area contributed by atoms with Crippen LogP contribution in [-0.2, 0) is 6.54 Å². The van der Waals surface area contributed by atoms with E-state index in [1.807, 2.05) is 12.1 Å².